The Balaban J connectivity index is 1.86. The molecule has 1 aromatic carbocycles. The summed E-state index contributed by atoms with van der Waals surface area (Å²) in [6.07, 6.45) is -0.991. The van der Waals surface area contributed by atoms with Crippen LogP contribution in [0.15, 0.2) is 35.2 Å². The molecule has 0 amide bonds. The van der Waals surface area contributed by atoms with Crippen molar-refractivity contribution in [3.05, 3.63) is 35.5 Å². The second-order valence-electron chi connectivity index (χ2n) is 5.72. The van der Waals surface area contributed by atoms with Crippen LogP contribution in [0.4, 0.5) is 0 Å². The van der Waals surface area contributed by atoms with E-state index in [9.17, 15) is 13.6 Å². The molecular weight excluding hydrogens is 294 g/mol. The van der Waals surface area contributed by atoms with Crippen LogP contribution in [0.1, 0.15) is 13.8 Å². The number of hydrogen-bond donors (Lipinski definition) is 0. The third-order valence-electron chi connectivity index (χ3n) is 3.62. The Hall–Kier alpha value is -1.44. The van der Waals surface area contributed by atoms with Crippen LogP contribution < -0.4 is 0 Å². The molecule has 2 heterocycles. The first-order chi connectivity index (χ1) is 9.78. The molecule has 2 aliphatic rings. The predicted molar refractivity (Wildman–Crippen MR) is 75.8 cm³/mol. The fourth-order valence-corrected chi connectivity index (χ4v) is 4.17. The van der Waals surface area contributed by atoms with E-state index < -0.39 is 27.8 Å². The van der Waals surface area contributed by atoms with E-state index in [1.54, 1.807) is 32.0 Å². The Morgan fingerprint density at radius 3 is 2.62 bits per heavy atom. The van der Waals surface area contributed by atoms with E-state index in [1.807, 2.05) is 0 Å². The number of sulfone groups is 1. The van der Waals surface area contributed by atoms with Gasteiger partial charge in [0.05, 0.1) is 4.90 Å². The van der Waals surface area contributed by atoms with E-state index >= 15 is 0 Å². The van der Waals surface area contributed by atoms with Crippen LogP contribution in [0.5, 0.6) is 0 Å². The first kappa shape index (κ1) is 14.5. The number of benzene rings is 1. The molecule has 2 aliphatic heterocycles. The molecule has 0 aromatic heterocycles. The quantitative estimate of drug-likeness (QED) is 0.613. The summed E-state index contributed by atoms with van der Waals surface area (Å²) in [4.78, 5) is 0.201. The Morgan fingerprint density at radius 2 is 1.95 bits per heavy atom. The fourth-order valence-electron chi connectivity index (χ4n) is 2.73. The van der Waals surface area contributed by atoms with Gasteiger partial charge in [0.1, 0.15) is 5.75 Å². The van der Waals surface area contributed by atoms with Crippen molar-refractivity contribution in [2.75, 3.05) is 12.3 Å². The highest BCUT2D eigenvalue weighted by atomic mass is 32.2. The van der Waals surface area contributed by atoms with Gasteiger partial charge in [0.15, 0.2) is 34.4 Å². The van der Waals surface area contributed by atoms with Crippen LogP contribution in [0.25, 0.3) is 0 Å². The minimum Gasteiger partial charge on any atom is -0.624 e. The average molecular weight is 311 g/mol. The van der Waals surface area contributed by atoms with Crippen molar-refractivity contribution >= 4 is 15.5 Å². The molecule has 0 spiro atoms. The maximum atomic E-state index is 12.4. The lowest BCUT2D eigenvalue weighted by Crippen LogP contribution is -2.33. The maximum Gasteiger partial charge on any atom is 0.211 e. The van der Waals surface area contributed by atoms with Crippen molar-refractivity contribution in [1.82, 2.24) is 0 Å². The van der Waals surface area contributed by atoms with Gasteiger partial charge in [-0.15, -0.1) is 0 Å². The molecule has 1 fully saturated rings. The van der Waals surface area contributed by atoms with Crippen LogP contribution in [0, 0.1) is 5.21 Å². The largest absolute Gasteiger partial charge is 0.624 e. The summed E-state index contributed by atoms with van der Waals surface area (Å²) in [6.45, 7) is 3.61. The average Bonchev–Trinajstić information content (AvgIpc) is 2.84. The Labute approximate surface area is 123 Å². The van der Waals surface area contributed by atoms with E-state index in [2.05, 4.69) is 0 Å². The number of rotatable bonds is 3. The number of hydroxylamine groups is 1. The van der Waals surface area contributed by atoms with Crippen molar-refractivity contribution in [1.29, 1.82) is 0 Å². The third-order valence-corrected chi connectivity index (χ3v) is 5.28. The number of hydrogen-bond acceptors (Lipinski definition) is 5. The van der Waals surface area contributed by atoms with Gasteiger partial charge in [-0.25, -0.2) is 13.2 Å². The molecule has 0 unspecified atom stereocenters. The molecule has 1 saturated heterocycles. The summed E-state index contributed by atoms with van der Waals surface area (Å²) in [7, 11) is -3.57. The summed E-state index contributed by atoms with van der Waals surface area (Å²) in [5, 5.41) is 12.0. The first-order valence-corrected chi connectivity index (χ1v) is 8.37. The zero-order valence-corrected chi connectivity index (χ0v) is 12.7. The van der Waals surface area contributed by atoms with Gasteiger partial charge in [0.2, 0.25) is 5.71 Å². The van der Waals surface area contributed by atoms with Crippen molar-refractivity contribution < 1.29 is 22.6 Å². The third kappa shape index (κ3) is 2.68. The molecule has 0 aliphatic carbocycles. The second-order valence-corrected chi connectivity index (χ2v) is 7.71. The summed E-state index contributed by atoms with van der Waals surface area (Å²) in [5.74, 6) is -1.14. The molecule has 114 valence electrons. The molecule has 2 atom stereocenters. The van der Waals surface area contributed by atoms with Crippen molar-refractivity contribution in [3.63, 3.8) is 0 Å². The summed E-state index contributed by atoms with van der Waals surface area (Å²) >= 11 is 0. The normalized spacial score (nSPS) is 27.9. The van der Waals surface area contributed by atoms with E-state index in [0.29, 0.717) is 4.74 Å². The Bertz CT molecular complexity index is 681. The molecule has 6 nitrogen and oxygen atoms in total. The number of ether oxygens (including phenoxy) is 2. The highest BCUT2D eigenvalue weighted by Gasteiger charge is 2.53. The highest BCUT2D eigenvalue weighted by Crippen LogP contribution is 2.32. The van der Waals surface area contributed by atoms with Gasteiger partial charge in [-0.1, -0.05) is 18.2 Å². The second kappa shape index (κ2) is 4.79. The van der Waals surface area contributed by atoms with Gasteiger partial charge in [-0.2, -0.15) is 0 Å². The summed E-state index contributed by atoms with van der Waals surface area (Å²) in [5.41, 5.74) is 0.217. The SMILES string of the molecule is CC1(C)O[C@@H]2C[N+]([O-])=C(CS(=O)(=O)c3ccccc3)[C@@H]2O1. The van der Waals surface area contributed by atoms with Crippen molar-refractivity contribution in [2.24, 2.45) is 0 Å². The van der Waals surface area contributed by atoms with Gasteiger partial charge >= 0.3 is 0 Å². The lowest BCUT2D eigenvalue weighted by atomic mass is 10.2. The van der Waals surface area contributed by atoms with Gasteiger partial charge in [-0.3, -0.25) is 0 Å². The van der Waals surface area contributed by atoms with E-state index in [4.69, 9.17) is 9.47 Å². The minimum atomic E-state index is -3.57. The molecule has 0 saturated carbocycles. The fraction of sp³-hybridized carbons (Fsp3) is 0.500. The molecular formula is C14H17NO5S. The minimum absolute atomic E-state index is 0.105. The number of fused-ring (bicyclic) bond motifs is 1. The van der Waals surface area contributed by atoms with Crippen LogP contribution in [-0.4, -0.2) is 49.2 Å². The van der Waals surface area contributed by atoms with Crippen LogP contribution in [0.2, 0.25) is 0 Å². The van der Waals surface area contributed by atoms with E-state index in [0.717, 1.165) is 0 Å². The smallest absolute Gasteiger partial charge is 0.211 e. The standard InChI is InChI=1S/C14H17NO5S/c1-14(2)19-12-8-15(16)11(13(12)20-14)9-21(17,18)10-6-4-3-5-7-10/h3-7,12-13H,8-9H2,1-2H3/t12-,13+/m1/s1. The summed E-state index contributed by atoms with van der Waals surface area (Å²) < 4.78 is 36.8. The molecule has 0 N–H and O–H groups in total. The molecule has 0 radical (unpaired) electrons. The van der Waals surface area contributed by atoms with Crippen LogP contribution in [-0.2, 0) is 19.3 Å². The molecule has 7 heteroatoms. The molecule has 3 rings (SSSR count). The van der Waals surface area contributed by atoms with E-state index in [-0.39, 0.29) is 22.9 Å². The molecule has 0 bridgehead atoms. The van der Waals surface area contributed by atoms with Crippen molar-refractivity contribution in [3.8, 4) is 0 Å². The highest BCUT2D eigenvalue weighted by molar-refractivity contribution is 7.92. The van der Waals surface area contributed by atoms with Crippen LogP contribution >= 0.6 is 0 Å². The van der Waals surface area contributed by atoms with Gasteiger partial charge in [0, 0.05) is 0 Å². The lowest BCUT2D eigenvalue weighted by molar-refractivity contribution is -0.460. The zero-order valence-electron chi connectivity index (χ0n) is 11.9. The lowest BCUT2D eigenvalue weighted by Gasteiger charge is -2.18. The zero-order chi connectivity index (χ0) is 15.3. The maximum absolute atomic E-state index is 12.4. The topological polar surface area (TPSA) is 78.7 Å². The van der Waals surface area contributed by atoms with Crippen LogP contribution in [0.3, 0.4) is 0 Å². The Morgan fingerprint density at radius 1 is 1.29 bits per heavy atom. The molecule has 21 heavy (non-hydrogen) atoms. The summed E-state index contributed by atoms with van der Waals surface area (Å²) in [6, 6.07) is 8.10. The predicted octanol–water partition coefficient (Wildman–Crippen LogP) is 0.945. The Kier molecular flexibility index (Phi) is 3.31. The molecule has 1 aromatic rings. The van der Waals surface area contributed by atoms with Gasteiger partial charge in [0.25, 0.3) is 0 Å². The monoisotopic (exact) mass is 311 g/mol. The van der Waals surface area contributed by atoms with E-state index in [1.165, 1.54) is 12.1 Å². The number of nitrogens with zero attached hydrogens (tertiary/aromatic N) is 1. The van der Waals surface area contributed by atoms with Gasteiger partial charge < -0.3 is 14.7 Å². The van der Waals surface area contributed by atoms with Crippen molar-refractivity contribution in [2.45, 2.75) is 36.7 Å². The van der Waals surface area contributed by atoms with Gasteiger partial charge in [-0.05, 0) is 26.0 Å². The first-order valence-electron chi connectivity index (χ1n) is 6.72.